The fraction of sp³-hybridized carbons (Fsp3) is 0.0462. The molecule has 6 nitrogen and oxygen atoms in total. The molecule has 0 amide bonds. The summed E-state index contributed by atoms with van der Waals surface area (Å²) in [5.74, 6) is 0. The fourth-order valence-corrected chi connectivity index (χ4v) is 11.8. The van der Waals surface area contributed by atoms with Crippen molar-refractivity contribution in [1.29, 1.82) is 0 Å². The molecule has 0 atom stereocenters. The van der Waals surface area contributed by atoms with E-state index in [0.29, 0.717) is 0 Å². The number of nitrogens with zero attached hydrogens (tertiary/aromatic N) is 6. The standard InChI is InChI=1S/C65H46N6/c1-43-29-33-45(34-30-43)65(46-35-31-44(2)32-36-46)53-20-4-3-17-49(53)52-39-63-64(40-54(52)65)71(62-26-10-7-23-59(62)69(63)48-16-14-38-67-42-48)56-28-12-18-50-51(56)19-11-27-55(50)70-60-24-8-5-21-57(60)68(47-15-13-37-66-41-47)58-22-6-9-25-61(58)70/h3-42H,1-2H3. The highest BCUT2D eigenvalue weighted by Crippen LogP contribution is 2.63. The van der Waals surface area contributed by atoms with Crippen molar-refractivity contribution in [1.82, 2.24) is 9.97 Å². The van der Waals surface area contributed by atoms with Crippen LogP contribution >= 0.6 is 0 Å². The summed E-state index contributed by atoms with van der Waals surface area (Å²) in [6.07, 6.45) is 7.61. The molecule has 71 heavy (non-hydrogen) atoms. The average molecular weight is 911 g/mol. The molecule has 0 unspecified atom stereocenters. The highest BCUT2D eigenvalue weighted by atomic mass is 15.3. The van der Waals surface area contributed by atoms with Gasteiger partial charge in [-0.3, -0.25) is 9.97 Å². The summed E-state index contributed by atoms with van der Waals surface area (Å²) in [4.78, 5) is 18.9. The second kappa shape index (κ2) is 15.9. The molecule has 11 aromatic rings. The summed E-state index contributed by atoms with van der Waals surface area (Å²) in [7, 11) is 0. The summed E-state index contributed by atoms with van der Waals surface area (Å²) in [6, 6.07) is 80.6. The number of pyridine rings is 2. The molecule has 0 saturated carbocycles. The zero-order chi connectivity index (χ0) is 47.2. The summed E-state index contributed by atoms with van der Waals surface area (Å²) >= 11 is 0. The maximum Gasteiger partial charge on any atom is 0.0714 e. The number of aryl methyl sites for hydroxylation is 2. The van der Waals surface area contributed by atoms with Crippen molar-refractivity contribution < 1.29 is 0 Å². The molecule has 0 bridgehead atoms. The van der Waals surface area contributed by atoms with Gasteiger partial charge in [-0.2, -0.15) is 0 Å². The van der Waals surface area contributed by atoms with Crippen molar-refractivity contribution in [2.75, 3.05) is 19.6 Å². The first-order chi connectivity index (χ1) is 35.1. The van der Waals surface area contributed by atoms with E-state index in [2.05, 4.69) is 245 Å². The van der Waals surface area contributed by atoms with E-state index in [1.165, 1.54) is 44.5 Å². The molecule has 0 N–H and O–H groups in total. The minimum atomic E-state index is -0.602. The Kier molecular flexibility index (Phi) is 9.14. The first-order valence-electron chi connectivity index (χ1n) is 24.3. The molecule has 2 aromatic heterocycles. The predicted octanol–water partition coefficient (Wildman–Crippen LogP) is 17.1. The van der Waals surface area contributed by atoms with Crippen molar-refractivity contribution in [3.63, 3.8) is 0 Å². The third-order valence-electron chi connectivity index (χ3n) is 14.8. The van der Waals surface area contributed by atoms with E-state index in [-0.39, 0.29) is 0 Å². The van der Waals surface area contributed by atoms with Crippen LogP contribution in [0.4, 0.5) is 68.2 Å². The predicted molar refractivity (Wildman–Crippen MR) is 292 cm³/mol. The highest BCUT2D eigenvalue weighted by molar-refractivity contribution is 6.13. The second-order valence-corrected chi connectivity index (χ2v) is 18.8. The van der Waals surface area contributed by atoms with Gasteiger partial charge in [0.2, 0.25) is 0 Å². The molecule has 0 saturated heterocycles. The molecule has 0 spiro atoms. The Morgan fingerprint density at radius 2 is 0.718 bits per heavy atom. The van der Waals surface area contributed by atoms with Crippen molar-refractivity contribution in [3.05, 3.63) is 277 Å². The quantitative estimate of drug-likeness (QED) is 0.165. The zero-order valence-electron chi connectivity index (χ0n) is 39.3. The van der Waals surface area contributed by atoms with E-state index in [4.69, 9.17) is 4.98 Å². The van der Waals surface area contributed by atoms with Crippen molar-refractivity contribution in [2.45, 2.75) is 19.3 Å². The maximum absolute atomic E-state index is 4.69. The monoisotopic (exact) mass is 910 g/mol. The molecule has 0 radical (unpaired) electrons. The second-order valence-electron chi connectivity index (χ2n) is 18.8. The van der Waals surface area contributed by atoms with Gasteiger partial charge in [0.15, 0.2) is 0 Å². The molecular weight excluding hydrogens is 865 g/mol. The van der Waals surface area contributed by atoms with E-state index in [0.717, 1.165) is 79.0 Å². The zero-order valence-corrected chi connectivity index (χ0v) is 39.3. The Bertz CT molecular complexity index is 3780. The van der Waals surface area contributed by atoms with E-state index in [1.54, 1.807) is 0 Å². The SMILES string of the molecule is Cc1ccc(C2(c3ccc(C)cc3)c3ccccc3-c3cc4c(cc32)N(c2cccc3c(N5c6ccccc6N(c6cccnc6)c6ccccc65)cccc23)c2ccccc2N4c2cccnc2)cc1. The molecule has 9 aromatic carbocycles. The van der Waals surface area contributed by atoms with Gasteiger partial charge in [-0.25, -0.2) is 0 Å². The first kappa shape index (κ1) is 40.8. The normalized spacial score (nSPS) is 13.8. The average Bonchev–Trinajstić information content (AvgIpc) is 3.71. The number of benzene rings is 9. The third-order valence-corrected chi connectivity index (χ3v) is 14.8. The number of aromatic nitrogens is 2. The Hall–Kier alpha value is -9.26. The highest BCUT2D eigenvalue weighted by Gasteiger charge is 2.48. The Balaban J connectivity index is 1.04. The summed E-state index contributed by atoms with van der Waals surface area (Å²) in [5.41, 5.74) is 22.2. The Labute approximate surface area is 413 Å². The van der Waals surface area contributed by atoms with Crippen LogP contribution in [0, 0.1) is 13.8 Å². The number of hydrogen-bond acceptors (Lipinski definition) is 6. The summed E-state index contributed by atoms with van der Waals surface area (Å²) < 4.78 is 0. The van der Waals surface area contributed by atoms with Gasteiger partial charge in [0.05, 0.1) is 86.1 Å². The minimum absolute atomic E-state index is 0.602. The summed E-state index contributed by atoms with van der Waals surface area (Å²) in [5, 5.41) is 2.28. The minimum Gasteiger partial charge on any atom is -0.306 e. The molecule has 0 fully saturated rings. The van der Waals surface area contributed by atoms with Gasteiger partial charge in [-0.1, -0.05) is 145 Å². The molecule has 6 heteroatoms. The van der Waals surface area contributed by atoms with Gasteiger partial charge in [0.1, 0.15) is 0 Å². The number of para-hydroxylation sites is 6. The van der Waals surface area contributed by atoms with Crippen LogP contribution in [0.15, 0.2) is 243 Å². The molecule has 2 aliphatic heterocycles. The van der Waals surface area contributed by atoms with Gasteiger partial charge in [0, 0.05) is 23.2 Å². The maximum atomic E-state index is 4.69. The molecule has 4 heterocycles. The van der Waals surface area contributed by atoms with Crippen LogP contribution in [-0.4, -0.2) is 9.97 Å². The Morgan fingerprint density at radius 3 is 1.20 bits per heavy atom. The van der Waals surface area contributed by atoms with Gasteiger partial charge in [-0.15, -0.1) is 0 Å². The molecule has 336 valence electrons. The molecule has 1 aliphatic carbocycles. The van der Waals surface area contributed by atoms with Gasteiger partial charge in [0.25, 0.3) is 0 Å². The number of anilines is 12. The van der Waals surface area contributed by atoms with Crippen LogP contribution in [0.1, 0.15) is 33.4 Å². The van der Waals surface area contributed by atoms with Gasteiger partial charge in [-0.05, 0) is 132 Å². The largest absolute Gasteiger partial charge is 0.306 e. The third kappa shape index (κ3) is 6.01. The molecule has 3 aliphatic rings. The number of fused-ring (bicyclic) bond motifs is 8. The molecular formula is C65H46N6. The lowest BCUT2D eigenvalue weighted by molar-refractivity contribution is 0.767. The van der Waals surface area contributed by atoms with E-state index >= 15 is 0 Å². The van der Waals surface area contributed by atoms with Gasteiger partial charge < -0.3 is 19.6 Å². The summed E-state index contributed by atoms with van der Waals surface area (Å²) in [6.45, 7) is 4.35. The van der Waals surface area contributed by atoms with Crippen molar-refractivity contribution in [2.24, 2.45) is 0 Å². The van der Waals surface area contributed by atoms with E-state index in [1.807, 2.05) is 36.9 Å². The van der Waals surface area contributed by atoms with Crippen LogP contribution < -0.4 is 19.6 Å². The van der Waals surface area contributed by atoms with E-state index in [9.17, 15) is 0 Å². The van der Waals surface area contributed by atoms with Crippen LogP contribution in [0.5, 0.6) is 0 Å². The lowest BCUT2D eigenvalue weighted by atomic mass is 9.67. The van der Waals surface area contributed by atoms with Crippen LogP contribution in [0.25, 0.3) is 21.9 Å². The smallest absolute Gasteiger partial charge is 0.0714 e. The number of rotatable bonds is 6. The van der Waals surface area contributed by atoms with E-state index < -0.39 is 5.41 Å². The van der Waals surface area contributed by atoms with Crippen LogP contribution in [-0.2, 0) is 5.41 Å². The lowest BCUT2D eigenvalue weighted by Crippen LogP contribution is -2.30. The van der Waals surface area contributed by atoms with Crippen LogP contribution in [0.3, 0.4) is 0 Å². The number of hydrogen-bond donors (Lipinski definition) is 0. The topological polar surface area (TPSA) is 38.7 Å². The fourth-order valence-electron chi connectivity index (χ4n) is 11.8. The van der Waals surface area contributed by atoms with Crippen molar-refractivity contribution >= 4 is 79.0 Å². The van der Waals surface area contributed by atoms with Gasteiger partial charge >= 0.3 is 0 Å². The molecule has 14 rings (SSSR count). The first-order valence-corrected chi connectivity index (χ1v) is 24.3. The van der Waals surface area contributed by atoms with Crippen molar-refractivity contribution in [3.8, 4) is 11.1 Å². The lowest BCUT2D eigenvalue weighted by Gasteiger charge is -2.42. The van der Waals surface area contributed by atoms with Crippen LogP contribution in [0.2, 0.25) is 0 Å². The Morgan fingerprint density at radius 1 is 0.310 bits per heavy atom.